The molecule has 4 rings (SSSR count). The first-order chi connectivity index (χ1) is 10.2. The number of pyridine rings is 2. The highest BCUT2D eigenvalue weighted by Crippen LogP contribution is 2.39. The minimum absolute atomic E-state index is 0.190. The number of benzene rings is 1. The molecule has 0 saturated carbocycles. The summed E-state index contributed by atoms with van der Waals surface area (Å²) in [6, 6.07) is 7.18. The molecule has 0 atom stereocenters. The van der Waals surface area contributed by atoms with E-state index in [1.165, 1.54) is 6.20 Å². The van der Waals surface area contributed by atoms with Gasteiger partial charge >= 0.3 is 0 Å². The molecule has 3 aromatic rings. The average molecular weight is 278 g/mol. The van der Waals surface area contributed by atoms with Crippen LogP contribution in [-0.4, -0.2) is 22.9 Å². The summed E-state index contributed by atoms with van der Waals surface area (Å²) in [7, 11) is 1.57. The molecule has 1 aliphatic rings. The van der Waals surface area contributed by atoms with Crippen LogP contribution in [-0.2, 0) is 0 Å². The van der Waals surface area contributed by atoms with Crippen LogP contribution in [0.15, 0.2) is 41.5 Å². The van der Waals surface area contributed by atoms with Crippen LogP contribution >= 0.6 is 0 Å². The summed E-state index contributed by atoms with van der Waals surface area (Å²) < 4.78 is 5.17. The van der Waals surface area contributed by atoms with E-state index in [0.29, 0.717) is 22.4 Å². The van der Waals surface area contributed by atoms with Crippen LogP contribution in [0.25, 0.3) is 22.0 Å². The van der Waals surface area contributed by atoms with Crippen molar-refractivity contribution in [3.8, 4) is 16.9 Å². The predicted molar refractivity (Wildman–Crippen MR) is 77.8 cm³/mol. The number of aromatic amines is 1. The summed E-state index contributed by atoms with van der Waals surface area (Å²) in [6.07, 6.45) is 3.13. The van der Waals surface area contributed by atoms with Gasteiger partial charge in [-0.2, -0.15) is 0 Å². The molecule has 2 aromatic heterocycles. The molecular weight excluding hydrogens is 268 g/mol. The van der Waals surface area contributed by atoms with Crippen molar-refractivity contribution in [2.75, 3.05) is 7.11 Å². The number of hydrogen-bond acceptors (Lipinski definition) is 4. The van der Waals surface area contributed by atoms with Gasteiger partial charge in [0.25, 0.3) is 5.56 Å². The molecular formula is C16H10N2O3. The molecule has 2 heterocycles. The molecule has 0 fully saturated rings. The zero-order valence-electron chi connectivity index (χ0n) is 11.1. The lowest BCUT2D eigenvalue weighted by Gasteiger charge is -2.07. The maximum Gasteiger partial charge on any atom is 0.260 e. The van der Waals surface area contributed by atoms with Crippen molar-refractivity contribution in [2.45, 2.75) is 0 Å². The van der Waals surface area contributed by atoms with Gasteiger partial charge in [-0.3, -0.25) is 14.6 Å². The Morgan fingerprint density at radius 3 is 2.76 bits per heavy atom. The number of ketones is 1. The molecule has 1 aliphatic carbocycles. The van der Waals surface area contributed by atoms with Crippen LogP contribution in [0.5, 0.6) is 5.75 Å². The number of aromatic nitrogens is 2. The lowest BCUT2D eigenvalue weighted by atomic mass is 10.0. The molecule has 0 aliphatic heterocycles. The fourth-order valence-corrected chi connectivity index (χ4v) is 2.83. The van der Waals surface area contributed by atoms with Crippen molar-refractivity contribution >= 4 is 16.7 Å². The van der Waals surface area contributed by atoms with Crippen LogP contribution in [0.3, 0.4) is 0 Å². The Morgan fingerprint density at radius 2 is 1.95 bits per heavy atom. The first-order valence-corrected chi connectivity index (χ1v) is 6.44. The van der Waals surface area contributed by atoms with Gasteiger partial charge in [-0.15, -0.1) is 0 Å². The van der Waals surface area contributed by atoms with Crippen LogP contribution in [0.2, 0.25) is 0 Å². The summed E-state index contributed by atoms with van der Waals surface area (Å²) in [5.41, 5.74) is 2.37. The van der Waals surface area contributed by atoms with E-state index >= 15 is 0 Å². The largest absolute Gasteiger partial charge is 0.497 e. The second-order valence-electron chi connectivity index (χ2n) is 4.87. The number of ether oxygens (including phenoxy) is 1. The van der Waals surface area contributed by atoms with E-state index in [1.807, 2.05) is 12.1 Å². The molecule has 21 heavy (non-hydrogen) atoms. The molecule has 0 saturated heterocycles. The van der Waals surface area contributed by atoms with E-state index in [4.69, 9.17) is 4.74 Å². The van der Waals surface area contributed by atoms with Crippen LogP contribution < -0.4 is 10.3 Å². The maximum absolute atomic E-state index is 12.4. The fraction of sp³-hybridized carbons (Fsp3) is 0.0625. The number of hydrogen-bond donors (Lipinski definition) is 1. The molecule has 0 radical (unpaired) electrons. The van der Waals surface area contributed by atoms with Gasteiger partial charge in [0.2, 0.25) is 5.78 Å². The maximum atomic E-state index is 12.4. The molecule has 0 bridgehead atoms. The number of nitrogens with one attached hydrogen (secondary N) is 1. The topological polar surface area (TPSA) is 72.1 Å². The lowest BCUT2D eigenvalue weighted by molar-refractivity contribution is 0.104. The Balaban J connectivity index is 2.19. The molecule has 0 spiro atoms. The average Bonchev–Trinajstić information content (AvgIpc) is 2.81. The minimum Gasteiger partial charge on any atom is -0.497 e. The first kappa shape index (κ1) is 11.8. The molecule has 0 amide bonds. The normalized spacial score (nSPS) is 12.3. The van der Waals surface area contributed by atoms with Gasteiger partial charge < -0.3 is 9.72 Å². The highest BCUT2D eigenvalue weighted by atomic mass is 16.5. The molecule has 0 unspecified atom stereocenters. The van der Waals surface area contributed by atoms with Crippen molar-refractivity contribution in [1.29, 1.82) is 0 Å². The quantitative estimate of drug-likeness (QED) is 0.579. The molecule has 1 aromatic carbocycles. The Labute approximate surface area is 119 Å². The second-order valence-corrected chi connectivity index (χ2v) is 4.87. The third-order valence-electron chi connectivity index (χ3n) is 3.78. The summed E-state index contributed by atoms with van der Waals surface area (Å²) >= 11 is 0. The van der Waals surface area contributed by atoms with Crippen LogP contribution in [0.4, 0.5) is 0 Å². The zero-order valence-corrected chi connectivity index (χ0v) is 11.1. The number of methoxy groups -OCH3 is 1. The van der Waals surface area contributed by atoms with Crippen LogP contribution in [0, 0.1) is 0 Å². The number of rotatable bonds is 1. The minimum atomic E-state index is -0.382. The van der Waals surface area contributed by atoms with Gasteiger partial charge in [0.05, 0.1) is 18.2 Å². The Morgan fingerprint density at radius 1 is 1.10 bits per heavy atom. The smallest absolute Gasteiger partial charge is 0.260 e. The third kappa shape index (κ3) is 1.48. The van der Waals surface area contributed by atoms with E-state index in [9.17, 15) is 9.59 Å². The van der Waals surface area contributed by atoms with E-state index in [2.05, 4.69) is 9.97 Å². The highest BCUT2D eigenvalue weighted by Gasteiger charge is 2.31. The zero-order chi connectivity index (χ0) is 14.6. The van der Waals surface area contributed by atoms with Crippen molar-refractivity contribution in [3.63, 3.8) is 0 Å². The Hall–Kier alpha value is -2.95. The lowest BCUT2D eigenvalue weighted by Crippen LogP contribution is -2.16. The summed E-state index contributed by atoms with van der Waals surface area (Å²) in [5, 5.41) is 0.823. The summed E-state index contributed by atoms with van der Waals surface area (Å²) in [4.78, 5) is 31.4. The summed E-state index contributed by atoms with van der Waals surface area (Å²) in [5.74, 6) is 0.379. The van der Waals surface area contributed by atoms with Gasteiger partial charge in [-0.1, -0.05) is 0 Å². The summed E-state index contributed by atoms with van der Waals surface area (Å²) in [6.45, 7) is 0. The standard InChI is InChI=1S/C16H10N2O3/c1-21-8-2-3-10-12(6-8)18-16(20)14-13(10)9-4-5-17-7-11(9)15(14)19/h2-7H,1H3,(H,18,20). The third-order valence-corrected chi connectivity index (χ3v) is 3.78. The number of nitrogens with zero attached hydrogens (tertiary/aromatic N) is 1. The van der Waals surface area contributed by atoms with Gasteiger partial charge in [0, 0.05) is 35.0 Å². The van der Waals surface area contributed by atoms with Crippen molar-refractivity contribution in [1.82, 2.24) is 9.97 Å². The number of carbonyl (C=O) groups excluding carboxylic acids is 1. The van der Waals surface area contributed by atoms with E-state index in [-0.39, 0.29) is 16.9 Å². The molecule has 1 N–H and O–H groups in total. The van der Waals surface area contributed by atoms with Gasteiger partial charge in [0.15, 0.2) is 0 Å². The van der Waals surface area contributed by atoms with Crippen molar-refractivity contribution in [3.05, 3.63) is 58.1 Å². The first-order valence-electron chi connectivity index (χ1n) is 6.44. The monoisotopic (exact) mass is 278 g/mol. The number of carbonyl (C=O) groups is 1. The number of H-pyrrole nitrogens is 1. The fourth-order valence-electron chi connectivity index (χ4n) is 2.83. The molecule has 102 valence electrons. The molecule has 5 heteroatoms. The Kier molecular flexibility index (Phi) is 2.27. The predicted octanol–water partition coefficient (Wildman–Crippen LogP) is 2.14. The second kappa shape index (κ2) is 4.02. The van der Waals surface area contributed by atoms with E-state index in [1.54, 1.807) is 25.4 Å². The molecule has 5 nitrogen and oxygen atoms in total. The van der Waals surface area contributed by atoms with Gasteiger partial charge in [0.1, 0.15) is 5.75 Å². The van der Waals surface area contributed by atoms with Crippen molar-refractivity contribution < 1.29 is 9.53 Å². The van der Waals surface area contributed by atoms with Gasteiger partial charge in [-0.25, -0.2) is 0 Å². The van der Waals surface area contributed by atoms with E-state index < -0.39 is 0 Å². The van der Waals surface area contributed by atoms with E-state index in [0.717, 1.165) is 10.9 Å². The van der Waals surface area contributed by atoms with Gasteiger partial charge in [-0.05, 0) is 23.8 Å². The van der Waals surface area contributed by atoms with Crippen molar-refractivity contribution in [2.24, 2.45) is 0 Å². The Bertz CT molecular complexity index is 973. The number of fused-ring (bicyclic) bond motifs is 5. The highest BCUT2D eigenvalue weighted by molar-refractivity contribution is 6.25. The van der Waals surface area contributed by atoms with Crippen LogP contribution in [0.1, 0.15) is 15.9 Å². The SMILES string of the molecule is COc1ccc2c3c(c(=O)[nH]c2c1)C(=O)c1cnccc1-3.